The van der Waals surface area contributed by atoms with Crippen molar-refractivity contribution in [2.24, 2.45) is 5.73 Å². The Morgan fingerprint density at radius 3 is 2.86 bits per heavy atom. The van der Waals surface area contributed by atoms with E-state index >= 15 is 0 Å². The van der Waals surface area contributed by atoms with E-state index < -0.39 is 0 Å². The van der Waals surface area contributed by atoms with Crippen LogP contribution in [-0.4, -0.2) is 9.97 Å². The summed E-state index contributed by atoms with van der Waals surface area (Å²) in [5.74, 6) is 0.552. The molecule has 0 aromatic carbocycles. The molecule has 0 saturated heterocycles. The van der Waals surface area contributed by atoms with Crippen LogP contribution in [0.3, 0.4) is 0 Å². The summed E-state index contributed by atoms with van der Waals surface area (Å²) < 4.78 is 5.10. The second kappa shape index (κ2) is 4.02. The second-order valence-corrected chi connectivity index (χ2v) is 3.00. The molecule has 0 aliphatic carbocycles. The number of oxazole rings is 1. The predicted octanol–water partition coefficient (Wildman–Crippen LogP) is 1.31. The summed E-state index contributed by atoms with van der Waals surface area (Å²) in [6.45, 7) is 0. The van der Waals surface area contributed by atoms with Gasteiger partial charge in [-0.15, -0.1) is 0 Å². The van der Waals surface area contributed by atoms with Crippen LogP contribution in [0.15, 0.2) is 41.3 Å². The minimum absolute atomic E-state index is 0.222. The summed E-state index contributed by atoms with van der Waals surface area (Å²) in [6, 6.07) is 5.52. The normalized spacial score (nSPS) is 12.6. The van der Waals surface area contributed by atoms with Crippen molar-refractivity contribution in [3.8, 4) is 0 Å². The standard InChI is InChI=1S/C10H11N3O/c11-9(10-13-5-6-14-10)7-8-3-1-2-4-12-8/h1-6,9H,7,11H2. The smallest absolute Gasteiger partial charge is 0.211 e. The lowest BCUT2D eigenvalue weighted by molar-refractivity contribution is 0.446. The van der Waals surface area contributed by atoms with Gasteiger partial charge in [-0.25, -0.2) is 4.98 Å². The fraction of sp³-hybridized carbons (Fsp3) is 0.200. The summed E-state index contributed by atoms with van der Waals surface area (Å²) in [4.78, 5) is 8.17. The summed E-state index contributed by atoms with van der Waals surface area (Å²) in [5.41, 5.74) is 6.82. The summed E-state index contributed by atoms with van der Waals surface area (Å²) >= 11 is 0. The lowest BCUT2D eigenvalue weighted by Gasteiger charge is -2.05. The van der Waals surface area contributed by atoms with Gasteiger partial charge in [-0.05, 0) is 12.1 Å². The van der Waals surface area contributed by atoms with E-state index in [0.717, 1.165) is 5.69 Å². The van der Waals surface area contributed by atoms with Gasteiger partial charge in [0, 0.05) is 18.3 Å². The van der Waals surface area contributed by atoms with Crippen molar-refractivity contribution in [2.75, 3.05) is 0 Å². The Morgan fingerprint density at radius 2 is 2.21 bits per heavy atom. The molecule has 0 fully saturated rings. The lowest BCUT2D eigenvalue weighted by Crippen LogP contribution is -2.14. The largest absolute Gasteiger partial charge is 0.447 e. The van der Waals surface area contributed by atoms with E-state index in [9.17, 15) is 0 Å². The highest BCUT2D eigenvalue weighted by Crippen LogP contribution is 2.11. The Balaban J connectivity index is 2.06. The topological polar surface area (TPSA) is 64.9 Å². The Morgan fingerprint density at radius 1 is 1.29 bits per heavy atom. The molecule has 1 atom stereocenters. The number of hydrogen-bond acceptors (Lipinski definition) is 4. The molecule has 0 bridgehead atoms. The summed E-state index contributed by atoms with van der Waals surface area (Å²) in [6.07, 6.45) is 5.50. The fourth-order valence-electron chi connectivity index (χ4n) is 1.25. The van der Waals surface area contributed by atoms with Crippen LogP contribution in [0.25, 0.3) is 0 Å². The molecule has 2 rings (SSSR count). The highest BCUT2D eigenvalue weighted by molar-refractivity contribution is 5.07. The van der Waals surface area contributed by atoms with Crippen molar-refractivity contribution in [2.45, 2.75) is 12.5 Å². The lowest BCUT2D eigenvalue weighted by atomic mass is 10.1. The number of rotatable bonds is 3. The van der Waals surface area contributed by atoms with E-state index in [4.69, 9.17) is 10.2 Å². The van der Waals surface area contributed by atoms with Gasteiger partial charge in [0.05, 0.1) is 12.2 Å². The molecular weight excluding hydrogens is 178 g/mol. The Hall–Kier alpha value is -1.68. The van der Waals surface area contributed by atoms with Crippen molar-refractivity contribution in [1.82, 2.24) is 9.97 Å². The maximum atomic E-state index is 5.88. The van der Waals surface area contributed by atoms with Gasteiger partial charge in [-0.2, -0.15) is 0 Å². The van der Waals surface area contributed by atoms with E-state index in [0.29, 0.717) is 12.3 Å². The van der Waals surface area contributed by atoms with Crippen LogP contribution >= 0.6 is 0 Å². The van der Waals surface area contributed by atoms with Gasteiger partial charge in [0.2, 0.25) is 5.89 Å². The Kier molecular flexibility index (Phi) is 2.55. The molecule has 72 valence electrons. The van der Waals surface area contributed by atoms with Crippen molar-refractivity contribution >= 4 is 0 Å². The van der Waals surface area contributed by atoms with Crippen LogP contribution in [0.2, 0.25) is 0 Å². The quantitative estimate of drug-likeness (QED) is 0.790. The van der Waals surface area contributed by atoms with Crippen LogP contribution < -0.4 is 5.73 Å². The third-order valence-corrected chi connectivity index (χ3v) is 1.92. The first-order valence-corrected chi connectivity index (χ1v) is 4.41. The van der Waals surface area contributed by atoms with E-state index in [-0.39, 0.29) is 6.04 Å². The number of hydrogen-bond donors (Lipinski definition) is 1. The molecule has 0 amide bonds. The molecule has 0 aliphatic heterocycles. The molecule has 0 saturated carbocycles. The molecule has 4 nitrogen and oxygen atoms in total. The molecule has 0 spiro atoms. The van der Waals surface area contributed by atoms with E-state index in [2.05, 4.69) is 9.97 Å². The van der Waals surface area contributed by atoms with Gasteiger partial charge in [0.25, 0.3) is 0 Å². The first-order valence-electron chi connectivity index (χ1n) is 4.41. The van der Waals surface area contributed by atoms with Gasteiger partial charge in [0.15, 0.2) is 0 Å². The molecular formula is C10H11N3O. The zero-order valence-electron chi connectivity index (χ0n) is 7.63. The molecule has 2 aromatic rings. The van der Waals surface area contributed by atoms with Gasteiger partial charge in [0.1, 0.15) is 6.26 Å². The fourth-order valence-corrected chi connectivity index (χ4v) is 1.25. The zero-order chi connectivity index (χ0) is 9.80. The minimum atomic E-state index is -0.222. The number of pyridine rings is 1. The molecule has 14 heavy (non-hydrogen) atoms. The zero-order valence-corrected chi connectivity index (χ0v) is 7.63. The second-order valence-electron chi connectivity index (χ2n) is 3.00. The van der Waals surface area contributed by atoms with Gasteiger partial charge in [-0.3, -0.25) is 4.98 Å². The van der Waals surface area contributed by atoms with Gasteiger partial charge >= 0.3 is 0 Å². The maximum Gasteiger partial charge on any atom is 0.211 e. The molecule has 0 radical (unpaired) electrons. The molecule has 2 aromatic heterocycles. The van der Waals surface area contributed by atoms with Crippen molar-refractivity contribution in [3.63, 3.8) is 0 Å². The first-order chi connectivity index (χ1) is 6.86. The van der Waals surface area contributed by atoms with Crippen molar-refractivity contribution < 1.29 is 4.42 Å². The number of nitrogens with zero attached hydrogens (tertiary/aromatic N) is 2. The minimum Gasteiger partial charge on any atom is -0.447 e. The number of nitrogens with two attached hydrogens (primary N) is 1. The number of aromatic nitrogens is 2. The molecule has 1 unspecified atom stereocenters. The molecule has 0 aliphatic rings. The van der Waals surface area contributed by atoms with E-state index in [1.807, 2.05) is 18.2 Å². The third kappa shape index (κ3) is 1.97. The third-order valence-electron chi connectivity index (χ3n) is 1.92. The monoisotopic (exact) mass is 189 g/mol. The van der Waals surface area contributed by atoms with Gasteiger partial charge in [-0.1, -0.05) is 6.07 Å². The van der Waals surface area contributed by atoms with Crippen molar-refractivity contribution in [3.05, 3.63) is 48.4 Å². The van der Waals surface area contributed by atoms with Crippen LogP contribution in [0.4, 0.5) is 0 Å². The van der Waals surface area contributed by atoms with Crippen molar-refractivity contribution in [1.29, 1.82) is 0 Å². The molecule has 2 N–H and O–H groups in total. The average Bonchev–Trinajstić information content (AvgIpc) is 2.72. The predicted molar refractivity (Wildman–Crippen MR) is 51.4 cm³/mol. The molecule has 2 heterocycles. The van der Waals surface area contributed by atoms with Crippen LogP contribution in [0, 0.1) is 0 Å². The van der Waals surface area contributed by atoms with Crippen LogP contribution in [0.1, 0.15) is 17.6 Å². The van der Waals surface area contributed by atoms with Crippen LogP contribution in [-0.2, 0) is 6.42 Å². The molecule has 4 heteroatoms. The summed E-state index contributed by atoms with van der Waals surface area (Å²) in [7, 11) is 0. The Bertz CT molecular complexity index is 372. The Labute approximate surface area is 81.8 Å². The van der Waals surface area contributed by atoms with Crippen LogP contribution in [0.5, 0.6) is 0 Å². The highest BCUT2D eigenvalue weighted by Gasteiger charge is 2.11. The highest BCUT2D eigenvalue weighted by atomic mass is 16.3. The van der Waals surface area contributed by atoms with E-state index in [1.54, 1.807) is 12.4 Å². The van der Waals surface area contributed by atoms with Gasteiger partial charge < -0.3 is 10.2 Å². The maximum absolute atomic E-state index is 5.88. The average molecular weight is 189 g/mol. The SMILES string of the molecule is NC(Cc1ccccn1)c1ncco1. The summed E-state index contributed by atoms with van der Waals surface area (Å²) in [5, 5.41) is 0. The van der Waals surface area contributed by atoms with E-state index in [1.165, 1.54) is 6.26 Å². The first kappa shape index (κ1) is 8.90.